The summed E-state index contributed by atoms with van der Waals surface area (Å²) in [6.45, 7) is 4.49. The Morgan fingerprint density at radius 3 is 2.15 bits per heavy atom. The molecule has 3 amide bonds. The largest absolute Gasteiger partial charge is 1.00 e. The number of phenolic OH excluding ortho intramolecular Hbond substituents is 2. The minimum atomic E-state index is -1.89. The fraction of sp³-hybridized carbons (Fsp3) is 0.486. The number of fused-ring (bicyclic) bond motifs is 4. The van der Waals surface area contributed by atoms with E-state index in [-0.39, 0.29) is 81.5 Å². The number of ketones is 1. The summed E-state index contributed by atoms with van der Waals surface area (Å²) in [6, 6.07) is 1.66. The van der Waals surface area contributed by atoms with Crippen LogP contribution in [0.2, 0.25) is 0 Å². The number of nitrogens with two attached hydrogens (primary N) is 1. The van der Waals surface area contributed by atoms with Crippen LogP contribution in [0.15, 0.2) is 33.9 Å². The van der Waals surface area contributed by atoms with Gasteiger partial charge in [-0.1, -0.05) is 5.16 Å². The summed E-state index contributed by atoms with van der Waals surface area (Å²) in [7, 11) is 2.02. The van der Waals surface area contributed by atoms with Crippen LogP contribution in [0, 0.1) is 5.92 Å². The number of quaternary nitrogens is 1. The number of nitrogens with zero attached hydrogens (tertiary/aromatic N) is 5. The first-order chi connectivity index (χ1) is 25.3. The number of nitrogen functional groups attached to an aromatic ring is 1. The van der Waals surface area contributed by atoms with Crippen LogP contribution in [-0.4, -0.2) is 119 Å². The van der Waals surface area contributed by atoms with Crippen molar-refractivity contribution in [2.24, 2.45) is 11.1 Å². The monoisotopic (exact) mass is 804 g/mol. The Hall–Kier alpha value is -4.01. The van der Waals surface area contributed by atoms with Crippen molar-refractivity contribution in [2.45, 2.75) is 87.2 Å². The fourth-order valence-electron chi connectivity index (χ4n) is 8.47. The molecule has 7 atom stereocenters. The van der Waals surface area contributed by atoms with E-state index in [0.717, 1.165) is 36.3 Å². The number of rotatable bonds is 11. The number of Topliss-reactive ketones (excluding diaryl/α,β-unsaturated/α-hetero) is 1. The number of aromatic hydroxyl groups is 2. The number of thioether (sulfide) groups is 1. The van der Waals surface area contributed by atoms with E-state index in [2.05, 4.69) is 10.1 Å². The molecule has 20 heteroatoms. The van der Waals surface area contributed by atoms with Gasteiger partial charge in [-0.25, -0.2) is 4.98 Å². The van der Waals surface area contributed by atoms with Crippen LogP contribution < -0.4 is 45.5 Å². The van der Waals surface area contributed by atoms with Crippen molar-refractivity contribution >= 4 is 69.4 Å². The number of aromatic nitrogens is 1. The van der Waals surface area contributed by atoms with Crippen molar-refractivity contribution in [3.63, 3.8) is 0 Å². The third kappa shape index (κ3) is 6.71. The number of anilines is 1. The number of thiazole rings is 1. The topological polar surface area (TPSA) is 256 Å². The Labute approximate surface area is 345 Å². The summed E-state index contributed by atoms with van der Waals surface area (Å²) in [5, 5.41) is 48.4. The average molecular weight is 805 g/mol. The number of hydrogen-bond acceptors (Lipinski definition) is 16. The second kappa shape index (κ2) is 14.5. The van der Waals surface area contributed by atoms with Crippen molar-refractivity contribution in [3.8, 4) is 11.5 Å². The van der Waals surface area contributed by atoms with Gasteiger partial charge in [0.05, 0.1) is 65.2 Å². The Morgan fingerprint density at radius 2 is 1.64 bits per heavy atom. The number of phenols is 2. The standard InChI is InChI=1S/C35H38N6O11S2.Na/c1-14-21(12-41(4)16-5-6-17(41)8-15(7-16)39-28(45)18-9-23(42)24(43)10-19(18)29(39)46)27(32(48)49)40-30(47)20(31(40)54-14)11-25(44)26(22-13-53-34(36)37-22)38-52-35(2,3)33(50)51;/h9-10,13-17,20,31H,5-8,11-12H2,1-4H3,(H5-,36,37,38,42,43,44,45,46,48,49,50,51);/q;+1/p-1/t14-,15?,16-,17+,20+,31+,41?;/m0./s1. The third-order valence-electron chi connectivity index (χ3n) is 11.5. The summed E-state index contributed by atoms with van der Waals surface area (Å²) < 4.78 is 0.436. The van der Waals surface area contributed by atoms with Gasteiger partial charge >= 0.3 is 29.6 Å². The number of benzene rings is 1. The van der Waals surface area contributed by atoms with Gasteiger partial charge in [0.15, 0.2) is 33.7 Å². The average Bonchev–Trinajstić information content (AvgIpc) is 3.65. The number of piperidine rings is 1. The van der Waals surface area contributed by atoms with E-state index >= 15 is 0 Å². The molecule has 2 bridgehead atoms. The number of amides is 3. The van der Waals surface area contributed by atoms with Crippen LogP contribution >= 0.6 is 23.1 Å². The number of carbonyl (C=O) groups is 6. The molecule has 0 aliphatic carbocycles. The summed E-state index contributed by atoms with van der Waals surface area (Å²) in [5.41, 5.74) is 3.88. The van der Waals surface area contributed by atoms with Gasteiger partial charge in [-0.3, -0.25) is 29.0 Å². The Morgan fingerprint density at radius 1 is 1.05 bits per heavy atom. The van der Waals surface area contributed by atoms with Crippen LogP contribution in [0.3, 0.4) is 0 Å². The molecule has 286 valence electrons. The van der Waals surface area contributed by atoms with E-state index in [9.17, 15) is 49.2 Å². The molecule has 5 aliphatic rings. The predicted molar refractivity (Wildman–Crippen MR) is 187 cm³/mol. The Bertz CT molecular complexity index is 2050. The van der Waals surface area contributed by atoms with Crippen LogP contribution in [0.5, 0.6) is 11.5 Å². The first kappa shape index (κ1) is 40.6. The van der Waals surface area contributed by atoms with Crippen molar-refractivity contribution in [1.82, 2.24) is 14.8 Å². The van der Waals surface area contributed by atoms with Crippen molar-refractivity contribution in [3.05, 3.63) is 45.6 Å². The molecule has 3 saturated heterocycles. The quantitative estimate of drug-likeness (QED) is 0.0383. The van der Waals surface area contributed by atoms with E-state index in [1.165, 1.54) is 40.8 Å². The van der Waals surface area contributed by atoms with Gasteiger partial charge < -0.3 is 45.1 Å². The van der Waals surface area contributed by atoms with Gasteiger partial charge in [0.1, 0.15) is 12.2 Å². The van der Waals surface area contributed by atoms with Crippen LogP contribution in [0.1, 0.15) is 79.3 Å². The van der Waals surface area contributed by atoms with Gasteiger partial charge in [0.25, 0.3) is 11.8 Å². The van der Waals surface area contributed by atoms with Gasteiger partial charge in [0.2, 0.25) is 5.91 Å². The summed E-state index contributed by atoms with van der Waals surface area (Å²) >= 11 is 2.36. The van der Waals surface area contributed by atoms with Crippen molar-refractivity contribution in [1.29, 1.82) is 0 Å². The summed E-state index contributed by atoms with van der Waals surface area (Å²) in [5.74, 6) is -7.38. The van der Waals surface area contributed by atoms with Gasteiger partial charge in [-0.2, -0.15) is 0 Å². The number of carboxylic acids is 2. The molecular weight excluding hydrogens is 768 g/mol. The summed E-state index contributed by atoms with van der Waals surface area (Å²) in [6.07, 6.45) is 2.06. The zero-order chi connectivity index (χ0) is 39.2. The third-order valence-corrected chi connectivity index (χ3v) is 13.7. The number of β-lactam (4-membered cyclic amide) rings is 1. The van der Waals surface area contributed by atoms with Gasteiger partial charge in [-0.15, -0.1) is 23.1 Å². The molecule has 5 aliphatic heterocycles. The number of aliphatic carboxylic acids is 2. The molecule has 0 spiro atoms. The van der Waals surface area contributed by atoms with Gasteiger partial charge in [-0.05, 0) is 32.9 Å². The molecule has 0 radical (unpaired) electrons. The number of oxime groups is 1. The smallest absolute Gasteiger partial charge is 0.546 e. The van der Waals surface area contributed by atoms with E-state index in [0.29, 0.717) is 22.9 Å². The van der Waals surface area contributed by atoms with E-state index in [4.69, 9.17) is 10.6 Å². The molecule has 2 aromatic rings. The number of carboxylic acid groups (broad SMARTS) is 2. The van der Waals surface area contributed by atoms with Crippen molar-refractivity contribution < 1.29 is 88.1 Å². The van der Waals surface area contributed by atoms with E-state index in [1.54, 1.807) is 0 Å². The van der Waals surface area contributed by atoms with Crippen LogP contribution in [0.4, 0.5) is 5.13 Å². The van der Waals surface area contributed by atoms with E-state index in [1.807, 2.05) is 14.0 Å². The summed E-state index contributed by atoms with van der Waals surface area (Å²) in [4.78, 5) is 90.0. The first-order valence-corrected chi connectivity index (χ1v) is 19.1. The Kier molecular flexibility index (Phi) is 10.7. The molecule has 1 aromatic carbocycles. The second-order valence-corrected chi connectivity index (χ2v) is 17.4. The molecule has 2 unspecified atom stereocenters. The first-order valence-electron chi connectivity index (χ1n) is 17.3. The zero-order valence-electron chi connectivity index (χ0n) is 30.6. The maximum Gasteiger partial charge on any atom is 1.00 e. The van der Waals surface area contributed by atoms with E-state index < -0.39 is 81.5 Å². The maximum absolute atomic E-state index is 13.7. The number of hydrogen-bond donors (Lipinski definition) is 3. The molecule has 0 saturated carbocycles. The number of likely N-dealkylation sites (N-methyl/N-ethyl adjacent to an activating group) is 1. The van der Waals surface area contributed by atoms with Crippen LogP contribution in [-0.2, 0) is 24.0 Å². The zero-order valence-corrected chi connectivity index (χ0v) is 34.3. The minimum absolute atomic E-state index is 0. The molecule has 1 aromatic heterocycles. The normalized spacial score (nSPS) is 28.7. The number of imide groups is 1. The molecule has 6 heterocycles. The predicted octanol–water partition coefficient (Wildman–Crippen LogP) is -3.29. The molecular formula is C35H37N6NaO11S2. The molecule has 7 rings (SSSR count). The van der Waals surface area contributed by atoms with Crippen molar-refractivity contribution in [2.75, 3.05) is 19.3 Å². The molecule has 55 heavy (non-hydrogen) atoms. The minimum Gasteiger partial charge on any atom is -0.546 e. The maximum atomic E-state index is 13.7. The SMILES string of the molecule is C[C@@H]1S[C@@H]2[C@H](CC(=O)/C(=N\OC(C)(C)C(=O)[O-])c3csc(N)n3)C(=O)N2C(C(=O)[O-])=C1C[N+]1(C)[C@@H]2CC[C@H]1CC(N1C(=O)c3cc(O)c(O)cc3C1=O)C2.[Na+]. The van der Waals surface area contributed by atoms with Crippen LogP contribution in [0.25, 0.3) is 0 Å². The second-order valence-electron chi connectivity index (χ2n) is 15.1. The fourth-order valence-corrected chi connectivity index (χ4v) is 10.5. The molecule has 3 fully saturated rings. The molecule has 4 N–H and O–H groups in total. The molecule has 17 nitrogen and oxygen atoms in total. The Balaban J connectivity index is 0.00000514. The number of carbonyl (C=O) groups excluding carboxylic acids is 6. The van der Waals surface area contributed by atoms with Gasteiger partial charge in [0, 0.05) is 48.3 Å².